The number of nitrogens with zero attached hydrogens (tertiary/aromatic N) is 1. The zero-order chi connectivity index (χ0) is 12.8. The monoisotopic (exact) mass is 237 g/mol. The predicted octanol–water partition coefficient (Wildman–Crippen LogP) is 1.45. The minimum Gasteiger partial charge on any atom is -0.478 e. The molecule has 0 saturated heterocycles. The number of hydrogen-bond donors (Lipinski definition) is 2. The maximum Gasteiger partial charge on any atom is 0.335 e. The first-order valence-electron chi connectivity index (χ1n) is 5.64. The van der Waals surface area contributed by atoms with Gasteiger partial charge in [-0.2, -0.15) is 0 Å². The van der Waals surface area contributed by atoms with Crippen LogP contribution in [0.3, 0.4) is 0 Å². The molecule has 0 aliphatic rings. The summed E-state index contributed by atoms with van der Waals surface area (Å²) in [6.07, 6.45) is 0. The summed E-state index contributed by atoms with van der Waals surface area (Å²) in [7, 11) is 1.98. The number of aliphatic hydroxyl groups is 1. The molecule has 17 heavy (non-hydrogen) atoms. The second-order valence-corrected chi connectivity index (χ2v) is 4.49. The zero-order valence-corrected chi connectivity index (χ0v) is 10.3. The smallest absolute Gasteiger partial charge is 0.335 e. The molecule has 0 bridgehead atoms. The Morgan fingerprint density at radius 2 is 1.94 bits per heavy atom. The van der Waals surface area contributed by atoms with Crippen LogP contribution in [0.4, 0.5) is 0 Å². The number of carboxylic acid groups (broad SMARTS) is 1. The summed E-state index contributed by atoms with van der Waals surface area (Å²) in [4.78, 5) is 12.8. The van der Waals surface area contributed by atoms with E-state index >= 15 is 0 Å². The van der Waals surface area contributed by atoms with Crippen LogP contribution < -0.4 is 0 Å². The normalized spacial score (nSPS) is 12.7. The Labute approximate surface area is 101 Å². The second-order valence-electron chi connectivity index (χ2n) is 4.49. The van der Waals surface area contributed by atoms with Crippen molar-refractivity contribution in [1.82, 2.24) is 4.90 Å². The lowest BCUT2D eigenvalue weighted by atomic mass is 10.1. The van der Waals surface area contributed by atoms with Gasteiger partial charge in [0.25, 0.3) is 0 Å². The fourth-order valence-electron chi connectivity index (χ4n) is 1.72. The lowest BCUT2D eigenvalue weighted by Crippen LogP contribution is -2.25. The van der Waals surface area contributed by atoms with E-state index in [1.54, 1.807) is 12.1 Å². The van der Waals surface area contributed by atoms with Crippen molar-refractivity contribution in [3.05, 3.63) is 35.4 Å². The zero-order valence-electron chi connectivity index (χ0n) is 10.3. The maximum absolute atomic E-state index is 10.7. The van der Waals surface area contributed by atoms with E-state index in [4.69, 9.17) is 10.2 Å². The van der Waals surface area contributed by atoms with E-state index in [0.29, 0.717) is 5.56 Å². The van der Waals surface area contributed by atoms with Gasteiger partial charge in [0.15, 0.2) is 0 Å². The van der Waals surface area contributed by atoms with Crippen molar-refractivity contribution in [2.45, 2.75) is 13.5 Å². The third kappa shape index (κ3) is 4.54. The third-order valence-electron chi connectivity index (χ3n) is 2.59. The Balaban J connectivity index is 2.54. The number of aromatic carboxylic acids is 1. The van der Waals surface area contributed by atoms with E-state index in [2.05, 4.69) is 4.90 Å². The summed E-state index contributed by atoms with van der Waals surface area (Å²) in [5.74, 6) is -0.655. The van der Waals surface area contributed by atoms with E-state index in [1.807, 2.05) is 26.1 Å². The molecule has 0 spiro atoms. The largest absolute Gasteiger partial charge is 0.478 e. The van der Waals surface area contributed by atoms with E-state index in [0.717, 1.165) is 18.7 Å². The molecule has 0 fully saturated rings. The molecule has 1 aromatic rings. The highest BCUT2D eigenvalue weighted by molar-refractivity contribution is 5.87. The number of carboxylic acids is 1. The summed E-state index contributed by atoms with van der Waals surface area (Å²) in [6, 6.07) is 6.87. The Hall–Kier alpha value is -1.39. The SMILES string of the molecule is CC(CO)CN(C)Cc1ccc(C(=O)O)cc1. The highest BCUT2D eigenvalue weighted by atomic mass is 16.4. The predicted molar refractivity (Wildman–Crippen MR) is 66.0 cm³/mol. The minimum absolute atomic E-state index is 0.183. The van der Waals surface area contributed by atoms with Crippen LogP contribution in [0.25, 0.3) is 0 Å². The topological polar surface area (TPSA) is 60.8 Å². The van der Waals surface area contributed by atoms with Crippen molar-refractivity contribution in [3.63, 3.8) is 0 Å². The van der Waals surface area contributed by atoms with Gasteiger partial charge in [0.05, 0.1) is 5.56 Å². The molecular weight excluding hydrogens is 218 g/mol. The van der Waals surface area contributed by atoms with Crippen molar-refractivity contribution >= 4 is 5.97 Å². The molecule has 1 atom stereocenters. The lowest BCUT2D eigenvalue weighted by Gasteiger charge is -2.20. The molecule has 0 aliphatic carbocycles. The van der Waals surface area contributed by atoms with Crippen LogP contribution in [-0.2, 0) is 6.54 Å². The van der Waals surface area contributed by atoms with Crippen molar-refractivity contribution in [3.8, 4) is 0 Å². The van der Waals surface area contributed by atoms with Gasteiger partial charge in [-0.15, -0.1) is 0 Å². The Morgan fingerprint density at radius 1 is 1.35 bits per heavy atom. The highest BCUT2D eigenvalue weighted by Crippen LogP contribution is 2.08. The average Bonchev–Trinajstić information content (AvgIpc) is 2.29. The Bertz CT molecular complexity index is 361. The van der Waals surface area contributed by atoms with Gasteiger partial charge in [-0.1, -0.05) is 19.1 Å². The molecule has 0 aromatic heterocycles. The van der Waals surface area contributed by atoms with Gasteiger partial charge in [0, 0.05) is 19.7 Å². The Kier molecular flexibility index (Phi) is 5.12. The molecule has 0 aliphatic heterocycles. The van der Waals surface area contributed by atoms with Crippen LogP contribution in [-0.4, -0.2) is 41.3 Å². The number of benzene rings is 1. The first kappa shape index (κ1) is 13.7. The van der Waals surface area contributed by atoms with Gasteiger partial charge in [-0.25, -0.2) is 4.79 Å². The lowest BCUT2D eigenvalue weighted by molar-refractivity contribution is 0.0697. The average molecular weight is 237 g/mol. The van der Waals surface area contributed by atoms with Crippen LogP contribution >= 0.6 is 0 Å². The third-order valence-corrected chi connectivity index (χ3v) is 2.59. The summed E-state index contributed by atoms with van der Waals surface area (Å²) < 4.78 is 0. The van der Waals surface area contributed by atoms with E-state index in [-0.39, 0.29) is 12.5 Å². The molecule has 4 heteroatoms. The standard InChI is InChI=1S/C13H19NO3/c1-10(9-15)7-14(2)8-11-3-5-12(6-4-11)13(16)17/h3-6,10,15H,7-9H2,1-2H3,(H,16,17). The van der Waals surface area contributed by atoms with Gasteiger partial charge in [0.2, 0.25) is 0 Å². The van der Waals surface area contributed by atoms with Crippen LogP contribution in [0.2, 0.25) is 0 Å². The van der Waals surface area contributed by atoms with Crippen molar-refractivity contribution in [2.75, 3.05) is 20.2 Å². The molecule has 1 aromatic carbocycles. The maximum atomic E-state index is 10.7. The molecule has 1 unspecified atom stereocenters. The van der Waals surface area contributed by atoms with E-state index in [9.17, 15) is 4.79 Å². The summed E-state index contributed by atoms with van der Waals surface area (Å²) in [5.41, 5.74) is 1.38. The second kappa shape index (κ2) is 6.37. The number of carbonyl (C=O) groups is 1. The fourth-order valence-corrected chi connectivity index (χ4v) is 1.72. The summed E-state index contributed by atoms with van der Waals surface area (Å²) in [5, 5.41) is 17.7. The minimum atomic E-state index is -0.904. The molecule has 0 saturated carbocycles. The van der Waals surface area contributed by atoms with Crippen molar-refractivity contribution in [1.29, 1.82) is 0 Å². The molecule has 1 rings (SSSR count). The quantitative estimate of drug-likeness (QED) is 0.786. The molecule has 0 amide bonds. The molecule has 94 valence electrons. The van der Waals surface area contributed by atoms with E-state index in [1.165, 1.54) is 0 Å². The van der Waals surface area contributed by atoms with Crippen LogP contribution in [0.1, 0.15) is 22.8 Å². The van der Waals surface area contributed by atoms with Crippen LogP contribution in [0.5, 0.6) is 0 Å². The van der Waals surface area contributed by atoms with Crippen LogP contribution in [0.15, 0.2) is 24.3 Å². The molecule has 2 N–H and O–H groups in total. The van der Waals surface area contributed by atoms with Gasteiger partial charge >= 0.3 is 5.97 Å². The number of rotatable bonds is 6. The molecule has 0 heterocycles. The van der Waals surface area contributed by atoms with Crippen molar-refractivity contribution < 1.29 is 15.0 Å². The van der Waals surface area contributed by atoms with Gasteiger partial charge < -0.3 is 15.1 Å². The van der Waals surface area contributed by atoms with Crippen LogP contribution in [0, 0.1) is 5.92 Å². The Morgan fingerprint density at radius 3 is 2.41 bits per heavy atom. The first-order chi connectivity index (χ1) is 8.02. The van der Waals surface area contributed by atoms with Crippen molar-refractivity contribution in [2.24, 2.45) is 5.92 Å². The van der Waals surface area contributed by atoms with Gasteiger partial charge in [-0.05, 0) is 30.7 Å². The highest BCUT2D eigenvalue weighted by Gasteiger charge is 2.07. The first-order valence-corrected chi connectivity index (χ1v) is 5.64. The number of hydrogen-bond acceptors (Lipinski definition) is 3. The summed E-state index contributed by atoms with van der Waals surface area (Å²) in [6.45, 7) is 3.74. The van der Waals surface area contributed by atoms with E-state index < -0.39 is 5.97 Å². The number of aliphatic hydroxyl groups excluding tert-OH is 1. The van der Waals surface area contributed by atoms with Gasteiger partial charge in [-0.3, -0.25) is 0 Å². The van der Waals surface area contributed by atoms with Gasteiger partial charge in [0.1, 0.15) is 0 Å². The molecule has 0 radical (unpaired) electrons. The summed E-state index contributed by atoms with van der Waals surface area (Å²) >= 11 is 0. The molecular formula is C13H19NO3. The molecule has 4 nitrogen and oxygen atoms in total. The fraction of sp³-hybridized carbons (Fsp3) is 0.462.